The lowest BCUT2D eigenvalue weighted by Crippen LogP contribution is -2.39. The highest BCUT2D eigenvalue weighted by Crippen LogP contribution is 2.57. The Labute approximate surface area is 162 Å². The summed E-state index contributed by atoms with van der Waals surface area (Å²) in [4.78, 5) is 0. The Bertz CT molecular complexity index is 709. The first-order valence-corrected chi connectivity index (χ1v) is 14.0. The molecule has 0 aromatic heterocycles. The van der Waals surface area contributed by atoms with Gasteiger partial charge >= 0.3 is 0 Å². The monoisotopic (exact) mass is 366 g/mol. The van der Waals surface area contributed by atoms with Crippen molar-refractivity contribution in [3.05, 3.63) is 53.1 Å². The molecule has 1 fully saturated rings. The lowest BCUT2D eigenvalue weighted by molar-refractivity contribution is 0.533. The maximum Gasteiger partial charge on any atom is 0.0516 e. The van der Waals surface area contributed by atoms with Crippen LogP contribution in [0.4, 0.5) is 0 Å². The Hall–Kier alpha value is -1.08. The van der Waals surface area contributed by atoms with E-state index >= 15 is 0 Å². The average molecular weight is 367 g/mol. The fourth-order valence-corrected chi connectivity index (χ4v) is 11.6. The summed E-state index contributed by atoms with van der Waals surface area (Å²) in [7, 11) is -1.26. The molecule has 0 aliphatic heterocycles. The van der Waals surface area contributed by atoms with Crippen LogP contribution in [0, 0.1) is 37.5 Å². The Morgan fingerprint density at radius 1 is 1.19 bits per heavy atom. The van der Waals surface area contributed by atoms with Crippen LogP contribution in [0.25, 0.3) is 5.57 Å². The van der Waals surface area contributed by atoms with Crippen molar-refractivity contribution < 1.29 is 0 Å². The first-order valence-electron chi connectivity index (χ1n) is 10.7. The molecule has 0 heterocycles. The van der Waals surface area contributed by atoms with E-state index in [1.54, 1.807) is 5.57 Å². The molecule has 3 rings (SSSR count). The molecule has 0 radical (unpaired) electrons. The molecule has 1 heteroatoms. The van der Waals surface area contributed by atoms with E-state index in [-0.39, 0.29) is 0 Å². The number of fused-ring (bicyclic) bond motifs is 1. The van der Waals surface area contributed by atoms with Crippen molar-refractivity contribution in [2.24, 2.45) is 23.7 Å². The Kier molecular flexibility index (Phi) is 5.68. The standard InChI is InChI=1S/C25H38Si/c1-8-17(2)16-26(6,7)25-20(5)15-24-22(10-9-11-23(24)25)21-13-12-18(3)14-19(21)4/h9-14,17,20,23-25H,8,15-16H2,1-7H3. The van der Waals surface area contributed by atoms with Crippen LogP contribution in [0.1, 0.15) is 50.3 Å². The fraction of sp³-hybridized carbons (Fsp3) is 0.600. The molecule has 2 aliphatic rings. The van der Waals surface area contributed by atoms with Gasteiger partial charge in [-0.2, -0.15) is 0 Å². The summed E-state index contributed by atoms with van der Waals surface area (Å²) in [5, 5.41) is 0. The molecule has 5 atom stereocenters. The van der Waals surface area contributed by atoms with E-state index in [1.165, 1.54) is 35.6 Å². The van der Waals surface area contributed by atoms with E-state index in [0.29, 0.717) is 0 Å². The van der Waals surface area contributed by atoms with E-state index in [1.807, 2.05) is 0 Å². The van der Waals surface area contributed by atoms with Crippen molar-refractivity contribution in [1.29, 1.82) is 0 Å². The molecule has 5 unspecified atom stereocenters. The normalized spacial score (nSPS) is 29.4. The Balaban J connectivity index is 1.91. The first kappa shape index (κ1) is 19.7. The highest BCUT2D eigenvalue weighted by Gasteiger charge is 2.49. The van der Waals surface area contributed by atoms with Gasteiger partial charge in [-0.3, -0.25) is 0 Å². The Morgan fingerprint density at radius 3 is 2.58 bits per heavy atom. The molecule has 1 aromatic carbocycles. The van der Waals surface area contributed by atoms with Crippen LogP contribution in [0.5, 0.6) is 0 Å². The predicted molar refractivity (Wildman–Crippen MR) is 119 cm³/mol. The third-order valence-corrected chi connectivity index (χ3v) is 11.8. The van der Waals surface area contributed by atoms with Crippen LogP contribution in [0.3, 0.4) is 0 Å². The summed E-state index contributed by atoms with van der Waals surface area (Å²) in [6.07, 6.45) is 10.0. The molecule has 2 aliphatic carbocycles. The molecule has 0 amide bonds. The Morgan fingerprint density at radius 2 is 1.92 bits per heavy atom. The van der Waals surface area contributed by atoms with E-state index < -0.39 is 8.07 Å². The van der Waals surface area contributed by atoms with Crippen LogP contribution >= 0.6 is 0 Å². The number of rotatable bonds is 5. The first-order chi connectivity index (χ1) is 12.2. The van der Waals surface area contributed by atoms with Gasteiger partial charge in [0.05, 0.1) is 8.07 Å². The number of hydrogen-bond acceptors (Lipinski definition) is 0. The van der Waals surface area contributed by atoms with E-state index in [9.17, 15) is 0 Å². The third-order valence-electron chi connectivity index (χ3n) is 7.29. The summed E-state index contributed by atoms with van der Waals surface area (Å²) < 4.78 is 0. The molecule has 1 aromatic rings. The van der Waals surface area contributed by atoms with Gasteiger partial charge < -0.3 is 0 Å². The maximum atomic E-state index is 2.67. The van der Waals surface area contributed by atoms with Crippen molar-refractivity contribution in [1.82, 2.24) is 0 Å². The van der Waals surface area contributed by atoms with E-state index in [4.69, 9.17) is 0 Å². The van der Waals surface area contributed by atoms with Crippen molar-refractivity contribution in [3.8, 4) is 0 Å². The van der Waals surface area contributed by atoms with Crippen molar-refractivity contribution in [2.75, 3.05) is 0 Å². The molecule has 0 nitrogen and oxygen atoms in total. The van der Waals surface area contributed by atoms with Crippen LogP contribution in [-0.4, -0.2) is 8.07 Å². The van der Waals surface area contributed by atoms with Gasteiger partial charge in [-0.25, -0.2) is 0 Å². The zero-order chi connectivity index (χ0) is 19.1. The van der Waals surface area contributed by atoms with Gasteiger partial charge in [0.1, 0.15) is 0 Å². The zero-order valence-electron chi connectivity index (χ0n) is 18.0. The molecule has 0 spiro atoms. The van der Waals surface area contributed by atoms with Gasteiger partial charge in [0, 0.05) is 0 Å². The predicted octanol–water partition coefficient (Wildman–Crippen LogP) is 7.65. The quantitative estimate of drug-likeness (QED) is 0.469. The van der Waals surface area contributed by atoms with Gasteiger partial charge in [-0.05, 0) is 66.2 Å². The smallest absolute Gasteiger partial charge is 0.0516 e. The maximum absolute atomic E-state index is 2.67. The van der Waals surface area contributed by atoms with Gasteiger partial charge in [-0.15, -0.1) is 0 Å². The van der Waals surface area contributed by atoms with Gasteiger partial charge in [0.25, 0.3) is 0 Å². The van der Waals surface area contributed by atoms with Crippen molar-refractivity contribution in [3.63, 3.8) is 0 Å². The second kappa shape index (κ2) is 7.50. The molecular formula is C25H38Si. The molecule has 0 N–H and O–H groups in total. The van der Waals surface area contributed by atoms with Crippen LogP contribution in [0.15, 0.2) is 36.4 Å². The van der Waals surface area contributed by atoms with Gasteiger partial charge in [-0.1, -0.05) is 88.3 Å². The third kappa shape index (κ3) is 3.65. The summed E-state index contributed by atoms with van der Waals surface area (Å²) >= 11 is 0. The molecule has 1 saturated carbocycles. The highest BCUT2D eigenvalue weighted by atomic mass is 28.3. The van der Waals surface area contributed by atoms with Crippen LogP contribution < -0.4 is 0 Å². The molecule has 26 heavy (non-hydrogen) atoms. The largest absolute Gasteiger partial charge is 0.0808 e. The van der Waals surface area contributed by atoms with Crippen molar-refractivity contribution in [2.45, 2.75) is 72.1 Å². The molecule has 0 bridgehead atoms. The molecular weight excluding hydrogens is 328 g/mol. The lowest BCUT2D eigenvalue weighted by atomic mass is 9.80. The number of allylic oxidation sites excluding steroid dienone is 4. The van der Waals surface area contributed by atoms with Crippen LogP contribution in [-0.2, 0) is 0 Å². The van der Waals surface area contributed by atoms with Crippen LogP contribution in [0.2, 0.25) is 24.7 Å². The van der Waals surface area contributed by atoms with Crippen molar-refractivity contribution >= 4 is 13.6 Å². The minimum atomic E-state index is -1.26. The van der Waals surface area contributed by atoms with E-state index in [0.717, 1.165) is 29.2 Å². The zero-order valence-corrected chi connectivity index (χ0v) is 19.0. The second-order valence-electron chi connectivity index (χ2n) is 9.95. The van der Waals surface area contributed by atoms with E-state index in [2.05, 4.69) is 84.1 Å². The average Bonchev–Trinajstić information content (AvgIpc) is 2.91. The minimum absolute atomic E-state index is 0.727. The summed E-state index contributed by atoms with van der Waals surface area (Å²) in [5.41, 5.74) is 6.83. The van der Waals surface area contributed by atoms with Gasteiger partial charge in [0.2, 0.25) is 0 Å². The SMILES string of the molecule is CCC(C)C[Si](C)(C)C1C(C)CC2C(c3ccc(C)cc3C)=CC=CC21. The summed E-state index contributed by atoms with van der Waals surface area (Å²) in [6.45, 7) is 17.2. The summed E-state index contributed by atoms with van der Waals surface area (Å²) in [5.74, 6) is 3.22. The molecule has 0 saturated heterocycles. The van der Waals surface area contributed by atoms with Gasteiger partial charge in [0.15, 0.2) is 0 Å². The second-order valence-corrected chi connectivity index (χ2v) is 15.0. The fourth-order valence-electron chi connectivity index (χ4n) is 6.23. The highest BCUT2D eigenvalue weighted by molar-refractivity contribution is 6.79. The number of aryl methyl sites for hydroxylation is 2. The molecule has 142 valence electrons. The minimum Gasteiger partial charge on any atom is -0.0808 e. The number of hydrogen-bond donors (Lipinski definition) is 0. The summed E-state index contributed by atoms with van der Waals surface area (Å²) in [6, 6.07) is 8.49. The topological polar surface area (TPSA) is 0 Å². The lowest BCUT2D eigenvalue weighted by Gasteiger charge is -2.39. The number of benzene rings is 1.